The van der Waals surface area contributed by atoms with E-state index >= 15 is 0 Å². The second-order valence-electron chi connectivity index (χ2n) is 7.48. The minimum absolute atomic E-state index is 0.0845. The van der Waals surface area contributed by atoms with Crippen LogP contribution < -0.4 is 0 Å². The highest BCUT2D eigenvalue weighted by Crippen LogP contribution is 2.19. The summed E-state index contributed by atoms with van der Waals surface area (Å²) in [5.74, 6) is -0.153. The fourth-order valence-corrected chi connectivity index (χ4v) is 3.24. The Morgan fingerprint density at radius 3 is 1.72 bits per heavy atom. The third-order valence-corrected chi connectivity index (χ3v) is 5.09. The van der Waals surface area contributed by atoms with Crippen LogP contribution in [0, 0.1) is 5.92 Å². The SMILES string of the molecule is CCCCCCCCCCCCCC(=O)OC(O)C(CC)CCCC. The highest BCUT2D eigenvalue weighted by Gasteiger charge is 2.20. The molecule has 0 amide bonds. The molecule has 2 unspecified atom stereocenters. The van der Waals surface area contributed by atoms with Crippen molar-refractivity contribution in [3.05, 3.63) is 0 Å². The molecule has 3 nitrogen and oxygen atoms in total. The van der Waals surface area contributed by atoms with Gasteiger partial charge in [-0.3, -0.25) is 4.79 Å². The van der Waals surface area contributed by atoms with Crippen LogP contribution in [0.2, 0.25) is 0 Å². The van der Waals surface area contributed by atoms with Gasteiger partial charge in [0.25, 0.3) is 0 Å². The van der Waals surface area contributed by atoms with Crippen LogP contribution in [0.15, 0.2) is 0 Å². The lowest BCUT2D eigenvalue weighted by Crippen LogP contribution is -2.26. The first-order valence-electron chi connectivity index (χ1n) is 11.0. The zero-order valence-corrected chi connectivity index (χ0v) is 17.2. The molecule has 0 saturated carbocycles. The van der Waals surface area contributed by atoms with E-state index in [-0.39, 0.29) is 11.9 Å². The maximum atomic E-state index is 11.8. The molecule has 0 aromatic rings. The molecule has 0 spiro atoms. The monoisotopic (exact) mass is 356 g/mol. The topological polar surface area (TPSA) is 46.5 Å². The van der Waals surface area contributed by atoms with E-state index in [0.29, 0.717) is 6.42 Å². The van der Waals surface area contributed by atoms with Gasteiger partial charge in [0.1, 0.15) is 0 Å². The number of carbonyl (C=O) groups excluding carboxylic acids is 1. The number of esters is 1. The molecule has 0 aromatic heterocycles. The maximum absolute atomic E-state index is 11.8. The maximum Gasteiger partial charge on any atom is 0.308 e. The van der Waals surface area contributed by atoms with Crippen molar-refractivity contribution in [2.24, 2.45) is 5.92 Å². The van der Waals surface area contributed by atoms with Crippen LogP contribution >= 0.6 is 0 Å². The Bertz CT molecular complexity index is 291. The third kappa shape index (κ3) is 15.4. The average Bonchev–Trinajstić information content (AvgIpc) is 2.60. The van der Waals surface area contributed by atoms with Crippen LogP contribution in [-0.2, 0) is 9.53 Å². The largest absolute Gasteiger partial charge is 0.436 e. The predicted molar refractivity (Wildman–Crippen MR) is 106 cm³/mol. The molecular weight excluding hydrogens is 312 g/mol. The molecule has 25 heavy (non-hydrogen) atoms. The molecule has 150 valence electrons. The van der Waals surface area contributed by atoms with E-state index in [2.05, 4.69) is 13.8 Å². The minimum Gasteiger partial charge on any atom is -0.436 e. The molecule has 0 fully saturated rings. The van der Waals surface area contributed by atoms with Crippen LogP contribution in [0.3, 0.4) is 0 Å². The molecule has 0 aliphatic heterocycles. The Kier molecular flexibility index (Phi) is 17.8. The van der Waals surface area contributed by atoms with Crippen molar-refractivity contribution in [1.29, 1.82) is 0 Å². The summed E-state index contributed by atoms with van der Waals surface area (Å²) < 4.78 is 5.21. The Morgan fingerprint density at radius 2 is 1.24 bits per heavy atom. The number of ether oxygens (including phenoxy) is 1. The van der Waals surface area contributed by atoms with E-state index in [9.17, 15) is 9.90 Å². The third-order valence-electron chi connectivity index (χ3n) is 5.09. The number of carbonyl (C=O) groups is 1. The quantitative estimate of drug-likeness (QED) is 0.167. The molecule has 0 heterocycles. The molecule has 0 radical (unpaired) electrons. The van der Waals surface area contributed by atoms with Crippen LogP contribution in [0.1, 0.15) is 124 Å². The lowest BCUT2D eigenvalue weighted by Gasteiger charge is -2.21. The van der Waals surface area contributed by atoms with Gasteiger partial charge in [0.2, 0.25) is 6.29 Å². The number of rotatable bonds is 18. The van der Waals surface area contributed by atoms with Crippen LogP contribution in [0.25, 0.3) is 0 Å². The number of aliphatic hydroxyl groups is 1. The highest BCUT2D eigenvalue weighted by atomic mass is 16.6. The first-order valence-corrected chi connectivity index (χ1v) is 11.0. The predicted octanol–water partition coefficient (Wildman–Crippen LogP) is 6.77. The van der Waals surface area contributed by atoms with Gasteiger partial charge in [-0.05, 0) is 19.3 Å². The fourth-order valence-electron chi connectivity index (χ4n) is 3.24. The van der Waals surface area contributed by atoms with Crippen molar-refractivity contribution in [3.63, 3.8) is 0 Å². The summed E-state index contributed by atoms with van der Waals surface area (Å²) in [6.45, 7) is 6.43. The molecule has 0 aromatic carbocycles. The van der Waals surface area contributed by atoms with Gasteiger partial charge in [0.15, 0.2) is 0 Å². The van der Waals surface area contributed by atoms with Crippen molar-refractivity contribution >= 4 is 5.97 Å². The second-order valence-corrected chi connectivity index (χ2v) is 7.48. The fraction of sp³-hybridized carbons (Fsp3) is 0.955. The van der Waals surface area contributed by atoms with Gasteiger partial charge in [-0.1, -0.05) is 97.8 Å². The van der Waals surface area contributed by atoms with Gasteiger partial charge >= 0.3 is 5.97 Å². The summed E-state index contributed by atoms with van der Waals surface area (Å²) in [5, 5.41) is 10.0. The van der Waals surface area contributed by atoms with E-state index in [1.54, 1.807) is 0 Å². The molecule has 0 rings (SSSR count). The first-order chi connectivity index (χ1) is 12.2. The van der Waals surface area contributed by atoms with Crippen LogP contribution in [0.4, 0.5) is 0 Å². The molecule has 0 aliphatic rings. The van der Waals surface area contributed by atoms with Gasteiger partial charge in [-0.25, -0.2) is 0 Å². The summed E-state index contributed by atoms with van der Waals surface area (Å²) in [7, 11) is 0. The standard InChI is InChI=1S/C22H44O3/c1-4-7-9-10-11-12-13-14-15-16-17-19-21(23)25-22(24)20(6-3)18-8-5-2/h20,22,24H,4-19H2,1-3H3. The van der Waals surface area contributed by atoms with E-state index in [0.717, 1.165) is 38.5 Å². The minimum atomic E-state index is -0.920. The van der Waals surface area contributed by atoms with E-state index in [1.165, 1.54) is 57.8 Å². The van der Waals surface area contributed by atoms with Crippen molar-refractivity contribution in [2.45, 2.75) is 130 Å². The number of hydrogen-bond acceptors (Lipinski definition) is 3. The summed E-state index contributed by atoms with van der Waals surface area (Å²) in [4.78, 5) is 11.8. The summed E-state index contributed by atoms with van der Waals surface area (Å²) in [5.41, 5.74) is 0. The smallest absolute Gasteiger partial charge is 0.308 e. The van der Waals surface area contributed by atoms with Gasteiger partial charge in [-0.2, -0.15) is 0 Å². The second kappa shape index (κ2) is 18.2. The van der Waals surface area contributed by atoms with Gasteiger partial charge in [0, 0.05) is 12.3 Å². The molecular formula is C22H44O3. The van der Waals surface area contributed by atoms with Crippen molar-refractivity contribution in [2.75, 3.05) is 0 Å². The summed E-state index contributed by atoms with van der Waals surface area (Å²) >= 11 is 0. The lowest BCUT2D eigenvalue weighted by molar-refractivity contribution is -0.178. The molecule has 0 saturated heterocycles. The van der Waals surface area contributed by atoms with E-state index < -0.39 is 6.29 Å². The zero-order valence-electron chi connectivity index (χ0n) is 17.2. The van der Waals surface area contributed by atoms with Crippen molar-refractivity contribution < 1.29 is 14.6 Å². The van der Waals surface area contributed by atoms with Gasteiger partial charge in [-0.15, -0.1) is 0 Å². The number of aliphatic hydroxyl groups excluding tert-OH is 1. The Hall–Kier alpha value is -0.570. The zero-order chi connectivity index (χ0) is 18.8. The normalized spacial score (nSPS) is 13.6. The summed E-state index contributed by atoms with van der Waals surface area (Å²) in [6.07, 6.45) is 17.5. The molecule has 0 bridgehead atoms. The first kappa shape index (κ1) is 24.4. The Balaban J connectivity index is 3.51. The lowest BCUT2D eigenvalue weighted by atomic mass is 9.99. The van der Waals surface area contributed by atoms with Gasteiger partial charge < -0.3 is 9.84 Å². The van der Waals surface area contributed by atoms with E-state index in [1.807, 2.05) is 6.92 Å². The molecule has 1 N–H and O–H groups in total. The Labute approximate surface area is 156 Å². The average molecular weight is 357 g/mol. The highest BCUT2D eigenvalue weighted by molar-refractivity contribution is 5.69. The molecule has 0 aliphatic carbocycles. The van der Waals surface area contributed by atoms with Crippen molar-refractivity contribution in [3.8, 4) is 0 Å². The molecule has 3 heteroatoms. The summed E-state index contributed by atoms with van der Waals surface area (Å²) in [6, 6.07) is 0. The van der Waals surface area contributed by atoms with Crippen molar-refractivity contribution in [1.82, 2.24) is 0 Å². The van der Waals surface area contributed by atoms with Crippen LogP contribution in [-0.4, -0.2) is 17.4 Å². The molecule has 2 atom stereocenters. The number of unbranched alkanes of at least 4 members (excludes halogenated alkanes) is 11. The Morgan fingerprint density at radius 1 is 0.760 bits per heavy atom. The van der Waals surface area contributed by atoms with E-state index in [4.69, 9.17) is 4.74 Å². The van der Waals surface area contributed by atoms with Gasteiger partial charge in [0.05, 0.1) is 0 Å². The van der Waals surface area contributed by atoms with Crippen LogP contribution in [0.5, 0.6) is 0 Å². The number of hydrogen-bond donors (Lipinski definition) is 1.